The minimum absolute atomic E-state index is 0.00606. The quantitative estimate of drug-likeness (QED) is 0.898. The maximum Gasteiger partial charge on any atom is 0.246 e. The first-order valence-electron chi connectivity index (χ1n) is 6.95. The molecule has 4 nitrogen and oxygen atoms in total. The monoisotopic (exact) mass is 274 g/mol. The van der Waals surface area contributed by atoms with Crippen molar-refractivity contribution in [3.05, 3.63) is 35.9 Å². The molecule has 2 unspecified atom stereocenters. The third-order valence-electron chi connectivity index (χ3n) is 3.76. The Hall–Kier alpha value is -1.84. The number of nitrogens with one attached hydrogen (secondary N) is 1. The molecule has 0 radical (unpaired) electrons. The van der Waals surface area contributed by atoms with Crippen molar-refractivity contribution in [2.24, 2.45) is 5.41 Å². The van der Waals surface area contributed by atoms with Crippen LogP contribution in [-0.2, 0) is 9.59 Å². The minimum atomic E-state index is -0.463. The Bertz CT molecular complexity index is 505. The highest BCUT2D eigenvalue weighted by Crippen LogP contribution is 2.28. The van der Waals surface area contributed by atoms with Gasteiger partial charge in [0, 0.05) is 0 Å². The summed E-state index contributed by atoms with van der Waals surface area (Å²) in [6.45, 7) is 7.98. The summed E-state index contributed by atoms with van der Waals surface area (Å²) in [5, 5.41) is 2.81. The molecule has 1 heterocycles. The smallest absolute Gasteiger partial charge is 0.246 e. The lowest BCUT2D eigenvalue weighted by Gasteiger charge is -2.41. The zero-order valence-electron chi connectivity index (χ0n) is 12.5. The van der Waals surface area contributed by atoms with E-state index in [-0.39, 0.29) is 29.8 Å². The molecule has 1 N–H and O–H groups in total. The van der Waals surface area contributed by atoms with Crippen LogP contribution >= 0.6 is 0 Å². The Morgan fingerprint density at radius 3 is 2.35 bits per heavy atom. The molecule has 1 saturated heterocycles. The van der Waals surface area contributed by atoms with Gasteiger partial charge in [-0.25, -0.2) is 0 Å². The molecule has 2 amide bonds. The number of benzene rings is 1. The van der Waals surface area contributed by atoms with E-state index in [1.54, 1.807) is 4.90 Å². The Morgan fingerprint density at radius 1 is 1.20 bits per heavy atom. The van der Waals surface area contributed by atoms with Gasteiger partial charge in [0.2, 0.25) is 11.8 Å². The van der Waals surface area contributed by atoms with Crippen molar-refractivity contribution in [3.63, 3.8) is 0 Å². The summed E-state index contributed by atoms with van der Waals surface area (Å²) in [6.07, 6.45) is 0. The fourth-order valence-corrected chi connectivity index (χ4v) is 2.49. The number of carbonyl (C=O) groups is 2. The number of piperazine rings is 1. The highest BCUT2D eigenvalue weighted by atomic mass is 16.2. The topological polar surface area (TPSA) is 49.4 Å². The van der Waals surface area contributed by atoms with Crippen LogP contribution in [0, 0.1) is 5.41 Å². The number of carbonyl (C=O) groups excluding carboxylic acids is 2. The predicted octanol–water partition coefficient (Wildman–Crippen LogP) is 2.12. The highest BCUT2D eigenvalue weighted by molar-refractivity contribution is 5.95. The van der Waals surface area contributed by atoms with Crippen LogP contribution in [-0.4, -0.2) is 29.3 Å². The maximum atomic E-state index is 12.6. The van der Waals surface area contributed by atoms with E-state index in [0.717, 1.165) is 5.56 Å². The molecule has 1 aromatic rings. The molecule has 4 heteroatoms. The summed E-state index contributed by atoms with van der Waals surface area (Å²) >= 11 is 0. The van der Waals surface area contributed by atoms with Crippen molar-refractivity contribution in [1.29, 1.82) is 0 Å². The zero-order valence-corrected chi connectivity index (χ0v) is 12.5. The van der Waals surface area contributed by atoms with Crippen LogP contribution < -0.4 is 5.32 Å². The van der Waals surface area contributed by atoms with Gasteiger partial charge in [-0.3, -0.25) is 9.59 Å². The Labute approximate surface area is 120 Å². The number of nitrogens with zero attached hydrogens (tertiary/aromatic N) is 1. The minimum Gasteiger partial charge on any atom is -0.342 e. The number of amides is 2. The van der Waals surface area contributed by atoms with E-state index >= 15 is 0 Å². The average molecular weight is 274 g/mol. The molecule has 1 fully saturated rings. The molecular weight excluding hydrogens is 252 g/mol. The van der Waals surface area contributed by atoms with Gasteiger partial charge in [0.1, 0.15) is 12.6 Å². The molecule has 0 spiro atoms. The zero-order chi connectivity index (χ0) is 14.9. The summed E-state index contributed by atoms with van der Waals surface area (Å²) in [4.78, 5) is 26.2. The SMILES string of the molecule is CC(c1ccccc1)N1CC(=O)NC(C(C)(C)C)C1=O. The van der Waals surface area contributed by atoms with Crippen LogP contribution in [0.3, 0.4) is 0 Å². The van der Waals surface area contributed by atoms with E-state index in [0.29, 0.717) is 0 Å². The van der Waals surface area contributed by atoms with Crippen LogP contribution in [0.2, 0.25) is 0 Å². The van der Waals surface area contributed by atoms with Crippen LogP contribution in [0.5, 0.6) is 0 Å². The van der Waals surface area contributed by atoms with E-state index < -0.39 is 6.04 Å². The lowest BCUT2D eigenvalue weighted by molar-refractivity contribution is -0.149. The predicted molar refractivity (Wildman–Crippen MR) is 78.0 cm³/mol. The summed E-state index contributed by atoms with van der Waals surface area (Å²) in [5.74, 6) is -0.0965. The average Bonchev–Trinajstić information content (AvgIpc) is 2.40. The molecule has 0 aliphatic carbocycles. The van der Waals surface area contributed by atoms with Crippen LogP contribution in [0.25, 0.3) is 0 Å². The molecule has 2 atom stereocenters. The Morgan fingerprint density at radius 2 is 1.80 bits per heavy atom. The summed E-state index contributed by atoms with van der Waals surface area (Å²) in [5.41, 5.74) is 0.755. The maximum absolute atomic E-state index is 12.6. The summed E-state index contributed by atoms with van der Waals surface area (Å²) < 4.78 is 0. The van der Waals surface area contributed by atoms with Crippen LogP contribution in [0.4, 0.5) is 0 Å². The largest absolute Gasteiger partial charge is 0.342 e. The molecule has 2 rings (SSSR count). The second-order valence-corrected chi connectivity index (χ2v) is 6.42. The molecule has 0 aromatic heterocycles. The van der Waals surface area contributed by atoms with Crippen molar-refractivity contribution in [2.45, 2.75) is 39.8 Å². The molecule has 1 aromatic carbocycles. The van der Waals surface area contributed by atoms with Gasteiger partial charge in [-0.1, -0.05) is 51.1 Å². The van der Waals surface area contributed by atoms with Crippen molar-refractivity contribution in [1.82, 2.24) is 10.2 Å². The second-order valence-electron chi connectivity index (χ2n) is 6.42. The fraction of sp³-hybridized carbons (Fsp3) is 0.500. The van der Waals surface area contributed by atoms with Crippen molar-refractivity contribution in [2.75, 3.05) is 6.54 Å². The van der Waals surface area contributed by atoms with Gasteiger partial charge in [-0.15, -0.1) is 0 Å². The summed E-state index contributed by atoms with van der Waals surface area (Å²) in [7, 11) is 0. The van der Waals surface area contributed by atoms with Gasteiger partial charge in [-0.2, -0.15) is 0 Å². The van der Waals surface area contributed by atoms with Crippen molar-refractivity contribution < 1.29 is 9.59 Å². The number of rotatable bonds is 2. The van der Waals surface area contributed by atoms with Gasteiger partial charge in [0.25, 0.3) is 0 Å². The number of hydrogen-bond acceptors (Lipinski definition) is 2. The molecular formula is C16H22N2O2. The lowest BCUT2D eigenvalue weighted by Crippen LogP contribution is -2.62. The normalized spacial score (nSPS) is 21.6. The molecule has 1 aliphatic heterocycles. The van der Waals surface area contributed by atoms with E-state index in [1.165, 1.54) is 0 Å². The van der Waals surface area contributed by atoms with Crippen molar-refractivity contribution >= 4 is 11.8 Å². The van der Waals surface area contributed by atoms with Gasteiger partial charge in [0.15, 0.2) is 0 Å². The van der Waals surface area contributed by atoms with E-state index in [9.17, 15) is 9.59 Å². The van der Waals surface area contributed by atoms with E-state index in [4.69, 9.17) is 0 Å². The number of hydrogen-bond donors (Lipinski definition) is 1. The van der Waals surface area contributed by atoms with Gasteiger partial charge < -0.3 is 10.2 Å². The molecule has 0 bridgehead atoms. The standard InChI is InChI=1S/C16H22N2O2/c1-11(12-8-6-5-7-9-12)18-10-13(19)17-14(15(18)20)16(2,3)4/h5-9,11,14H,10H2,1-4H3,(H,17,19). The Kier molecular flexibility index (Phi) is 3.84. The first-order chi connectivity index (χ1) is 9.30. The van der Waals surface area contributed by atoms with Gasteiger partial charge in [0.05, 0.1) is 6.04 Å². The summed E-state index contributed by atoms with van der Waals surface area (Å²) in [6, 6.07) is 9.24. The molecule has 0 saturated carbocycles. The lowest BCUT2D eigenvalue weighted by atomic mass is 9.84. The van der Waals surface area contributed by atoms with E-state index in [1.807, 2.05) is 58.0 Å². The molecule has 108 valence electrons. The fourth-order valence-electron chi connectivity index (χ4n) is 2.49. The highest BCUT2D eigenvalue weighted by Gasteiger charge is 2.41. The molecule has 1 aliphatic rings. The van der Waals surface area contributed by atoms with E-state index in [2.05, 4.69) is 5.32 Å². The third-order valence-corrected chi connectivity index (χ3v) is 3.76. The van der Waals surface area contributed by atoms with Crippen LogP contribution in [0.15, 0.2) is 30.3 Å². The second kappa shape index (κ2) is 5.27. The first-order valence-corrected chi connectivity index (χ1v) is 6.95. The Balaban J connectivity index is 2.27. The first kappa shape index (κ1) is 14.6. The van der Waals surface area contributed by atoms with Crippen molar-refractivity contribution in [3.8, 4) is 0 Å². The molecule has 20 heavy (non-hydrogen) atoms. The van der Waals surface area contributed by atoms with Gasteiger partial charge >= 0.3 is 0 Å². The van der Waals surface area contributed by atoms with Crippen LogP contribution in [0.1, 0.15) is 39.3 Å². The van der Waals surface area contributed by atoms with Gasteiger partial charge in [-0.05, 0) is 17.9 Å². The third kappa shape index (κ3) is 2.84.